The molecule has 0 amide bonds. The van der Waals surface area contributed by atoms with E-state index < -0.39 is 41.0 Å². The summed E-state index contributed by atoms with van der Waals surface area (Å²) in [5.74, 6) is -2.41. The monoisotopic (exact) mass is 645 g/mol. The van der Waals surface area contributed by atoms with Crippen LogP contribution in [0.4, 0.5) is 14.5 Å². The average Bonchev–Trinajstić information content (AvgIpc) is 3.27. The van der Waals surface area contributed by atoms with Gasteiger partial charge in [-0.3, -0.25) is 0 Å². The molecule has 0 aliphatic carbocycles. The lowest BCUT2D eigenvalue weighted by atomic mass is 9.63. The van der Waals surface area contributed by atoms with Gasteiger partial charge < -0.3 is 24.8 Å². The molecule has 4 rings (SSSR count). The zero-order chi connectivity index (χ0) is 32.2. The first kappa shape index (κ1) is 33.5. The largest absolute Gasteiger partial charge is 0.496 e. The maximum atomic E-state index is 15.8. The van der Waals surface area contributed by atoms with Gasteiger partial charge in [0.05, 0.1) is 31.9 Å². The van der Waals surface area contributed by atoms with Crippen molar-refractivity contribution >= 4 is 34.9 Å². The van der Waals surface area contributed by atoms with E-state index in [9.17, 15) is 10.1 Å². The minimum atomic E-state index is -1.54. The first-order valence-electron chi connectivity index (χ1n) is 14.0. The normalized spacial score (nSPS) is 21.5. The number of methoxy groups -OCH3 is 2. The van der Waals surface area contributed by atoms with Gasteiger partial charge in [-0.15, -0.1) is 0 Å². The highest BCUT2D eigenvalue weighted by Crippen LogP contribution is 2.52. The van der Waals surface area contributed by atoms with Crippen LogP contribution < -0.4 is 15.4 Å². The number of hydrogen-bond donors (Lipinski definition) is 2. The van der Waals surface area contributed by atoms with Crippen molar-refractivity contribution < 1.29 is 27.8 Å². The van der Waals surface area contributed by atoms with Crippen LogP contribution in [0.25, 0.3) is 0 Å². The number of carbonyl (C=O) groups excluding carboxylic acids is 1. The highest BCUT2D eigenvalue weighted by Gasteiger charge is 2.59. The highest BCUT2D eigenvalue weighted by molar-refractivity contribution is 6.31. The first-order chi connectivity index (χ1) is 20.9. The number of ether oxygens (including phenoxy) is 3. The van der Waals surface area contributed by atoms with Crippen molar-refractivity contribution in [1.29, 1.82) is 5.26 Å². The van der Waals surface area contributed by atoms with Crippen molar-refractivity contribution in [3.8, 4) is 11.8 Å². The molecule has 4 atom stereocenters. The minimum absolute atomic E-state index is 0.0302. The van der Waals surface area contributed by atoms with E-state index in [1.165, 1.54) is 38.5 Å². The van der Waals surface area contributed by atoms with Gasteiger partial charge in [0.1, 0.15) is 35.1 Å². The molecule has 4 unspecified atom stereocenters. The SMILES string of the molecule is COC(=O)c1ccc(NCOCC2NC(CC(C)(C)C)C(C#N)(c3ccc(Cl)cc3F)C2c2cccc(Cl)c2F)cc1OC. The van der Waals surface area contributed by atoms with Crippen LogP contribution in [0.3, 0.4) is 0 Å². The van der Waals surface area contributed by atoms with E-state index >= 15 is 8.78 Å². The summed E-state index contributed by atoms with van der Waals surface area (Å²) in [6, 6.07) is 15.0. The Morgan fingerprint density at radius 3 is 2.50 bits per heavy atom. The number of halogens is 4. The van der Waals surface area contributed by atoms with Crippen molar-refractivity contribution in [3.63, 3.8) is 0 Å². The van der Waals surface area contributed by atoms with Gasteiger partial charge in [0.2, 0.25) is 0 Å². The number of nitrogens with zero attached hydrogens (tertiary/aromatic N) is 1. The van der Waals surface area contributed by atoms with Crippen LogP contribution in [0.2, 0.25) is 10.0 Å². The Kier molecular flexibility index (Phi) is 10.4. The Labute approximate surface area is 266 Å². The van der Waals surface area contributed by atoms with E-state index in [4.69, 9.17) is 37.4 Å². The van der Waals surface area contributed by atoms with Crippen molar-refractivity contribution in [3.05, 3.63) is 93.0 Å². The molecule has 0 bridgehead atoms. The summed E-state index contributed by atoms with van der Waals surface area (Å²) in [6.07, 6.45) is 0.475. The van der Waals surface area contributed by atoms with Crippen molar-refractivity contribution in [2.45, 2.75) is 50.6 Å². The lowest BCUT2D eigenvalue weighted by molar-refractivity contribution is 0.0597. The summed E-state index contributed by atoms with van der Waals surface area (Å²) in [5.41, 5.74) is -0.614. The lowest BCUT2D eigenvalue weighted by Gasteiger charge is -2.37. The number of rotatable bonds is 10. The first-order valence-corrected chi connectivity index (χ1v) is 14.8. The summed E-state index contributed by atoms with van der Waals surface area (Å²) in [5, 5.41) is 17.7. The average molecular weight is 647 g/mol. The standard InChI is InChI=1S/C33H35Cl2F2N3O4/c1-32(2,3)15-28-33(17-38,23-12-9-19(34)13-25(23)36)29(22-7-6-8-24(35)30(22)37)26(40-28)16-44-18-39-20-10-11-21(31(41)43-5)27(14-20)42-4/h6-14,26,28-29,39-40H,15-16,18H2,1-5H3. The van der Waals surface area contributed by atoms with E-state index in [1.807, 2.05) is 20.8 Å². The number of carbonyl (C=O) groups is 1. The summed E-state index contributed by atoms with van der Waals surface area (Å²) < 4.78 is 47.6. The minimum Gasteiger partial charge on any atom is -0.496 e. The molecular formula is C33H35Cl2F2N3O4. The van der Waals surface area contributed by atoms with Crippen LogP contribution in [0, 0.1) is 28.4 Å². The molecule has 0 spiro atoms. The van der Waals surface area contributed by atoms with Gasteiger partial charge in [-0.1, -0.05) is 62.2 Å². The number of esters is 1. The number of anilines is 1. The predicted octanol–water partition coefficient (Wildman–Crippen LogP) is 7.47. The van der Waals surface area contributed by atoms with E-state index in [1.54, 1.807) is 30.3 Å². The van der Waals surface area contributed by atoms with Crippen LogP contribution >= 0.6 is 23.2 Å². The quantitative estimate of drug-likeness (QED) is 0.134. The van der Waals surface area contributed by atoms with Gasteiger partial charge in [0.25, 0.3) is 0 Å². The van der Waals surface area contributed by atoms with Gasteiger partial charge in [-0.25, -0.2) is 13.6 Å². The Morgan fingerprint density at radius 1 is 1.11 bits per heavy atom. The van der Waals surface area contributed by atoms with Gasteiger partial charge in [-0.05, 0) is 47.7 Å². The molecule has 1 aliphatic heterocycles. The molecule has 0 saturated carbocycles. The molecule has 3 aromatic rings. The van der Waals surface area contributed by atoms with E-state index in [0.29, 0.717) is 17.9 Å². The third kappa shape index (κ3) is 6.79. The number of benzene rings is 3. The van der Waals surface area contributed by atoms with Crippen molar-refractivity contribution in [2.75, 3.05) is 32.9 Å². The molecule has 3 aromatic carbocycles. The Hall–Kier alpha value is -3.42. The predicted molar refractivity (Wildman–Crippen MR) is 166 cm³/mol. The molecule has 1 fully saturated rings. The molecule has 1 aliphatic rings. The Balaban J connectivity index is 1.70. The topological polar surface area (TPSA) is 92.6 Å². The maximum Gasteiger partial charge on any atom is 0.341 e. The van der Waals surface area contributed by atoms with Gasteiger partial charge >= 0.3 is 5.97 Å². The van der Waals surface area contributed by atoms with Crippen LogP contribution in [0.5, 0.6) is 5.75 Å². The van der Waals surface area contributed by atoms with Gasteiger partial charge in [-0.2, -0.15) is 5.26 Å². The number of nitrogens with one attached hydrogen (secondary N) is 2. The maximum absolute atomic E-state index is 15.8. The lowest BCUT2D eigenvalue weighted by Crippen LogP contribution is -2.44. The molecule has 1 saturated heterocycles. The fraction of sp³-hybridized carbons (Fsp3) is 0.394. The number of nitriles is 1. The molecule has 0 radical (unpaired) electrons. The van der Waals surface area contributed by atoms with Crippen molar-refractivity contribution in [2.24, 2.45) is 5.41 Å². The fourth-order valence-electron chi connectivity index (χ4n) is 6.01. The molecule has 44 heavy (non-hydrogen) atoms. The second-order valence-corrected chi connectivity index (χ2v) is 12.8. The van der Waals surface area contributed by atoms with E-state index in [2.05, 4.69) is 16.7 Å². The smallest absolute Gasteiger partial charge is 0.341 e. The van der Waals surface area contributed by atoms with Crippen LogP contribution in [0.15, 0.2) is 54.6 Å². The molecule has 11 heteroatoms. The zero-order valence-electron chi connectivity index (χ0n) is 25.1. The zero-order valence-corrected chi connectivity index (χ0v) is 26.7. The molecule has 0 aromatic heterocycles. The fourth-order valence-corrected chi connectivity index (χ4v) is 6.35. The third-order valence-electron chi connectivity index (χ3n) is 7.84. The van der Waals surface area contributed by atoms with Gasteiger partial charge in [0.15, 0.2) is 0 Å². The van der Waals surface area contributed by atoms with E-state index in [-0.39, 0.29) is 45.5 Å². The Morgan fingerprint density at radius 2 is 1.86 bits per heavy atom. The Bertz CT molecular complexity index is 1560. The third-order valence-corrected chi connectivity index (χ3v) is 8.36. The number of hydrogen-bond acceptors (Lipinski definition) is 7. The summed E-state index contributed by atoms with van der Waals surface area (Å²) in [7, 11) is 2.73. The molecule has 1 heterocycles. The summed E-state index contributed by atoms with van der Waals surface area (Å²) in [4.78, 5) is 12.0. The molecular weight excluding hydrogens is 611 g/mol. The summed E-state index contributed by atoms with van der Waals surface area (Å²) >= 11 is 12.3. The van der Waals surface area contributed by atoms with Crippen LogP contribution in [-0.4, -0.2) is 45.6 Å². The van der Waals surface area contributed by atoms with Crippen molar-refractivity contribution in [1.82, 2.24) is 5.32 Å². The second-order valence-electron chi connectivity index (χ2n) is 11.9. The molecule has 2 N–H and O–H groups in total. The molecule has 234 valence electrons. The summed E-state index contributed by atoms with van der Waals surface area (Å²) in [6.45, 7) is 6.15. The van der Waals surface area contributed by atoms with E-state index in [0.717, 1.165) is 0 Å². The van der Waals surface area contributed by atoms with Gasteiger partial charge in [0, 0.05) is 40.3 Å². The van der Waals surface area contributed by atoms with Crippen LogP contribution in [0.1, 0.15) is 54.6 Å². The van der Waals surface area contributed by atoms with Crippen LogP contribution in [-0.2, 0) is 14.9 Å². The highest BCUT2D eigenvalue weighted by atomic mass is 35.5. The second kappa shape index (κ2) is 13.7. The molecule has 7 nitrogen and oxygen atoms in total.